The van der Waals surface area contributed by atoms with E-state index >= 15 is 0 Å². The molecule has 0 radical (unpaired) electrons. The number of piperidine rings is 1. The van der Waals surface area contributed by atoms with E-state index in [4.69, 9.17) is 4.74 Å². The van der Waals surface area contributed by atoms with Gasteiger partial charge in [0.15, 0.2) is 6.61 Å². The van der Waals surface area contributed by atoms with Gasteiger partial charge in [0.25, 0.3) is 11.6 Å². The van der Waals surface area contributed by atoms with Crippen LogP contribution >= 0.6 is 0 Å². The molecule has 0 saturated carbocycles. The van der Waals surface area contributed by atoms with Crippen LogP contribution in [-0.2, 0) is 20.5 Å². The summed E-state index contributed by atoms with van der Waals surface area (Å²) in [6, 6.07) is 7.82. The Morgan fingerprint density at radius 2 is 1.88 bits per heavy atom. The fraction of sp³-hybridized carbons (Fsp3) is 0.350. The minimum absolute atomic E-state index is 0.00380. The van der Waals surface area contributed by atoms with E-state index in [0.29, 0.717) is 31.7 Å². The average molecular weight is 452 g/mol. The molecule has 9 nitrogen and oxygen atoms in total. The number of hydrogen-bond donors (Lipinski definition) is 1. The van der Waals surface area contributed by atoms with Gasteiger partial charge in [-0.1, -0.05) is 12.1 Å². The monoisotopic (exact) mass is 452 g/mol. The molecule has 1 amide bonds. The van der Waals surface area contributed by atoms with Crippen molar-refractivity contribution in [2.24, 2.45) is 5.92 Å². The fourth-order valence-corrected chi connectivity index (χ4v) is 3.26. The van der Waals surface area contributed by atoms with Crippen LogP contribution < -0.4 is 10.2 Å². The van der Waals surface area contributed by atoms with Crippen molar-refractivity contribution in [3.8, 4) is 0 Å². The molecule has 0 bridgehead atoms. The number of anilines is 2. The Balaban J connectivity index is 1.46. The summed E-state index contributed by atoms with van der Waals surface area (Å²) in [5.41, 5.74) is -1.12. The molecule has 1 saturated heterocycles. The predicted octanol–water partition coefficient (Wildman–Crippen LogP) is 3.41. The fourth-order valence-electron chi connectivity index (χ4n) is 3.26. The Morgan fingerprint density at radius 3 is 2.47 bits per heavy atom. The third kappa shape index (κ3) is 5.71. The Labute approximate surface area is 180 Å². The second kappa shape index (κ2) is 9.62. The molecule has 1 aliphatic heterocycles. The first-order chi connectivity index (χ1) is 15.1. The number of carbonyl (C=O) groups excluding carboxylic acids is 2. The number of carbonyl (C=O) groups is 2. The second-order valence-corrected chi connectivity index (χ2v) is 7.09. The van der Waals surface area contributed by atoms with E-state index in [2.05, 4.69) is 10.3 Å². The van der Waals surface area contributed by atoms with Gasteiger partial charge in [-0.3, -0.25) is 19.7 Å². The number of amides is 1. The molecule has 0 unspecified atom stereocenters. The maximum absolute atomic E-state index is 12.6. The molecule has 32 heavy (non-hydrogen) atoms. The maximum atomic E-state index is 12.6. The molecule has 3 rings (SSSR count). The zero-order valence-corrected chi connectivity index (χ0v) is 16.7. The van der Waals surface area contributed by atoms with Gasteiger partial charge in [0.1, 0.15) is 11.5 Å². The van der Waals surface area contributed by atoms with E-state index in [9.17, 15) is 32.9 Å². The van der Waals surface area contributed by atoms with Crippen LogP contribution in [0.15, 0.2) is 42.6 Å². The van der Waals surface area contributed by atoms with Crippen LogP contribution in [0, 0.1) is 16.0 Å². The molecule has 12 heteroatoms. The summed E-state index contributed by atoms with van der Waals surface area (Å²) < 4.78 is 43.0. The molecular formula is C20H19F3N4O5. The molecule has 1 aliphatic rings. The van der Waals surface area contributed by atoms with Gasteiger partial charge in [-0.05, 0) is 31.0 Å². The van der Waals surface area contributed by atoms with Crippen LogP contribution in [-0.4, -0.2) is 41.5 Å². The number of aromatic nitrogens is 1. The normalized spacial score (nSPS) is 14.7. The third-order valence-corrected chi connectivity index (χ3v) is 4.95. The first-order valence-corrected chi connectivity index (χ1v) is 9.63. The van der Waals surface area contributed by atoms with E-state index in [1.165, 1.54) is 30.3 Å². The van der Waals surface area contributed by atoms with Crippen LogP contribution in [0.3, 0.4) is 0 Å². The number of pyridine rings is 1. The summed E-state index contributed by atoms with van der Waals surface area (Å²) in [6.45, 7) is 0.187. The number of benzene rings is 1. The Hall–Kier alpha value is -3.70. The highest BCUT2D eigenvalue weighted by molar-refractivity contribution is 5.94. The molecule has 0 aliphatic carbocycles. The van der Waals surface area contributed by atoms with Crippen molar-refractivity contribution >= 4 is 29.1 Å². The lowest BCUT2D eigenvalue weighted by atomic mass is 9.97. The van der Waals surface area contributed by atoms with Gasteiger partial charge < -0.3 is 15.0 Å². The third-order valence-electron chi connectivity index (χ3n) is 4.95. The lowest BCUT2D eigenvalue weighted by Crippen LogP contribution is -2.38. The summed E-state index contributed by atoms with van der Waals surface area (Å²) in [4.78, 5) is 40.2. The minimum Gasteiger partial charge on any atom is -0.455 e. The smallest absolute Gasteiger partial charge is 0.417 e. The van der Waals surface area contributed by atoms with E-state index < -0.39 is 41.1 Å². The molecule has 1 N–H and O–H groups in total. The number of nitrogens with zero attached hydrogens (tertiary/aromatic N) is 3. The summed E-state index contributed by atoms with van der Waals surface area (Å²) in [6.07, 6.45) is -2.92. The molecule has 1 aromatic heterocycles. The van der Waals surface area contributed by atoms with Gasteiger partial charge in [-0.25, -0.2) is 4.98 Å². The first-order valence-electron chi connectivity index (χ1n) is 9.63. The van der Waals surface area contributed by atoms with Crippen LogP contribution in [0.5, 0.6) is 0 Å². The van der Waals surface area contributed by atoms with Gasteiger partial charge in [-0.15, -0.1) is 0 Å². The van der Waals surface area contributed by atoms with Gasteiger partial charge in [0.05, 0.1) is 16.4 Å². The number of nitrogens with one attached hydrogen (secondary N) is 1. The summed E-state index contributed by atoms with van der Waals surface area (Å²) in [5.74, 6) is -1.38. The molecule has 2 aromatic rings. The van der Waals surface area contributed by atoms with E-state index in [1.807, 2.05) is 0 Å². The van der Waals surface area contributed by atoms with Crippen molar-refractivity contribution in [2.75, 3.05) is 29.9 Å². The van der Waals surface area contributed by atoms with Crippen molar-refractivity contribution < 1.29 is 32.4 Å². The van der Waals surface area contributed by atoms with Crippen molar-refractivity contribution in [3.05, 3.63) is 58.3 Å². The Morgan fingerprint density at radius 1 is 1.19 bits per heavy atom. The SMILES string of the molecule is O=C(COC(=O)C1CCN(c2ccc(C(F)(F)F)cn2)CC1)Nc1ccccc1[N+](=O)[O-]. The van der Waals surface area contributed by atoms with Crippen LogP contribution in [0.2, 0.25) is 0 Å². The molecule has 0 atom stereocenters. The summed E-state index contributed by atoms with van der Waals surface area (Å²) in [7, 11) is 0. The molecule has 1 aromatic carbocycles. The highest BCUT2D eigenvalue weighted by atomic mass is 19.4. The number of rotatable bonds is 6. The number of para-hydroxylation sites is 2. The highest BCUT2D eigenvalue weighted by Gasteiger charge is 2.32. The number of ether oxygens (including phenoxy) is 1. The minimum atomic E-state index is -4.46. The Kier molecular flexibility index (Phi) is 6.91. The van der Waals surface area contributed by atoms with Gasteiger partial charge in [0.2, 0.25) is 0 Å². The van der Waals surface area contributed by atoms with Crippen LogP contribution in [0.25, 0.3) is 0 Å². The second-order valence-electron chi connectivity index (χ2n) is 7.09. The van der Waals surface area contributed by atoms with Crippen molar-refractivity contribution in [2.45, 2.75) is 19.0 Å². The number of hydrogen-bond acceptors (Lipinski definition) is 7. The zero-order valence-electron chi connectivity index (χ0n) is 16.7. The van der Waals surface area contributed by atoms with Crippen molar-refractivity contribution in [1.29, 1.82) is 0 Å². The van der Waals surface area contributed by atoms with Crippen molar-refractivity contribution in [1.82, 2.24) is 4.98 Å². The van der Waals surface area contributed by atoms with Crippen molar-refractivity contribution in [3.63, 3.8) is 0 Å². The quantitative estimate of drug-likeness (QED) is 0.406. The first kappa shape index (κ1) is 23.0. The van der Waals surface area contributed by atoms with Gasteiger partial charge >= 0.3 is 12.1 Å². The van der Waals surface area contributed by atoms with Crippen LogP contribution in [0.4, 0.5) is 30.4 Å². The number of esters is 1. The maximum Gasteiger partial charge on any atom is 0.417 e. The predicted molar refractivity (Wildman–Crippen MR) is 107 cm³/mol. The number of nitro benzene ring substituents is 1. The number of halogens is 3. The van der Waals surface area contributed by atoms with Gasteiger partial charge in [-0.2, -0.15) is 13.2 Å². The van der Waals surface area contributed by atoms with E-state index in [-0.39, 0.29) is 11.4 Å². The summed E-state index contributed by atoms with van der Waals surface area (Å²) >= 11 is 0. The molecule has 0 spiro atoms. The van der Waals surface area contributed by atoms with Gasteiger partial charge in [0, 0.05) is 25.4 Å². The van der Waals surface area contributed by atoms with E-state index in [1.54, 1.807) is 4.90 Å². The highest BCUT2D eigenvalue weighted by Crippen LogP contribution is 2.30. The standard InChI is InChI=1S/C20H19F3N4O5/c21-20(22,23)14-5-6-17(24-11-14)26-9-7-13(8-10-26)19(29)32-12-18(28)25-15-3-1-2-4-16(15)27(30)31/h1-6,11,13H,7-10,12H2,(H,25,28). The zero-order chi connectivity index (χ0) is 23.3. The lowest BCUT2D eigenvalue weighted by molar-refractivity contribution is -0.383. The van der Waals surface area contributed by atoms with E-state index in [0.717, 1.165) is 12.3 Å². The molecular weight excluding hydrogens is 433 g/mol. The Bertz CT molecular complexity index is 989. The summed E-state index contributed by atoms with van der Waals surface area (Å²) in [5, 5.41) is 13.3. The number of alkyl halides is 3. The number of nitro groups is 1. The molecule has 2 heterocycles. The molecule has 1 fully saturated rings. The largest absolute Gasteiger partial charge is 0.455 e. The lowest BCUT2D eigenvalue weighted by Gasteiger charge is -2.31. The van der Waals surface area contributed by atoms with Crippen LogP contribution in [0.1, 0.15) is 18.4 Å². The topological polar surface area (TPSA) is 115 Å². The molecule has 170 valence electrons. The average Bonchev–Trinajstić information content (AvgIpc) is 2.77.